The lowest BCUT2D eigenvalue weighted by molar-refractivity contribution is 0.204. The highest BCUT2D eigenvalue weighted by Crippen LogP contribution is 2.31. The number of sulfonamides is 1. The molecule has 0 saturated carbocycles. The lowest BCUT2D eigenvalue weighted by Crippen LogP contribution is -2.27. The van der Waals surface area contributed by atoms with Gasteiger partial charge in [-0.05, 0) is 31.2 Å². The number of methoxy groups -OCH3 is 1. The van der Waals surface area contributed by atoms with Gasteiger partial charge in [-0.15, -0.1) is 0 Å². The van der Waals surface area contributed by atoms with Crippen LogP contribution in [0.4, 0.5) is 16.8 Å². The summed E-state index contributed by atoms with van der Waals surface area (Å²) in [6.07, 6.45) is 1.65. The van der Waals surface area contributed by atoms with E-state index < -0.39 is 10.0 Å². The molecule has 3 aromatic rings. The summed E-state index contributed by atoms with van der Waals surface area (Å²) < 4.78 is 32.1. The van der Waals surface area contributed by atoms with Gasteiger partial charge in [-0.3, -0.25) is 0 Å². The van der Waals surface area contributed by atoms with Crippen LogP contribution in [0, 0.1) is 6.92 Å². The second kappa shape index (κ2) is 9.27. The van der Waals surface area contributed by atoms with E-state index in [0.717, 1.165) is 21.4 Å². The predicted molar refractivity (Wildman–Crippen MR) is 114 cm³/mol. The average molecular weight is 435 g/mol. The van der Waals surface area contributed by atoms with Crippen LogP contribution in [0.1, 0.15) is 5.69 Å². The largest absolute Gasteiger partial charge is 0.383 e. The maximum Gasteiger partial charge on any atom is 0.240 e. The van der Waals surface area contributed by atoms with Crippen molar-refractivity contribution in [2.24, 2.45) is 0 Å². The maximum absolute atomic E-state index is 12.4. The Morgan fingerprint density at radius 1 is 1.21 bits per heavy atom. The number of nitrogens with zero attached hydrogens (tertiary/aromatic N) is 3. The molecule has 11 heteroatoms. The van der Waals surface area contributed by atoms with Gasteiger partial charge in [-0.1, -0.05) is 17.4 Å². The van der Waals surface area contributed by atoms with Crippen LogP contribution in [0.15, 0.2) is 41.4 Å². The third-order valence-corrected chi connectivity index (χ3v) is 6.55. The predicted octanol–water partition coefficient (Wildman–Crippen LogP) is 2.62. The minimum Gasteiger partial charge on any atom is -0.383 e. The van der Waals surface area contributed by atoms with Gasteiger partial charge in [0.25, 0.3) is 0 Å². The quantitative estimate of drug-likeness (QED) is 0.440. The first-order valence-corrected chi connectivity index (χ1v) is 11.1. The summed E-state index contributed by atoms with van der Waals surface area (Å²) in [5, 5.41) is 6.90. The van der Waals surface area contributed by atoms with Gasteiger partial charge in [-0.25, -0.2) is 28.1 Å². The zero-order valence-corrected chi connectivity index (χ0v) is 17.9. The van der Waals surface area contributed by atoms with Gasteiger partial charge >= 0.3 is 0 Å². The second-order valence-electron chi connectivity index (χ2n) is 5.99. The molecule has 9 nitrogen and oxygen atoms in total. The SMILES string of the molecule is CNc1nc(C)c(-c2ccnc(Nc3cccc(S(=O)(=O)NCCOC)c3)n2)s1. The Morgan fingerprint density at radius 3 is 2.76 bits per heavy atom. The Kier molecular flexibility index (Phi) is 6.75. The van der Waals surface area contributed by atoms with Crippen molar-refractivity contribution in [3.63, 3.8) is 0 Å². The van der Waals surface area contributed by atoms with E-state index in [1.54, 1.807) is 18.3 Å². The van der Waals surface area contributed by atoms with Crippen molar-refractivity contribution in [2.45, 2.75) is 11.8 Å². The molecule has 2 heterocycles. The highest BCUT2D eigenvalue weighted by Gasteiger charge is 2.15. The summed E-state index contributed by atoms with van der Waals surface area (Å²) in [4.78, 5) is 14.3. The number of rotatable bonds is 9. The molecule has 0 aliphatic rings. The van der Waals surface area contributed by atoms with Crippen LogP contribution in [0.25, 0.3) is 10.6 Å². The number of anilines is 3. The summed E-state index contributed by atoms with van der Waals surface area (Å²) in [7, 11) is -0.295. The number of thiazole rings is 1. The maximum atomic E-state index is 12.4. The highest BCUT2D eigenvalue weighted by molar-refractivity contribution is 7.89. The number of aromatic nitrogens is 3. The van der Waals surface area contributed by atoms with Crippen molar-refractivity contribution in [1.82, 2.24) is 19.7 Å². The van der Waals surface area contributed by atoms with Crippen LogP contribution in [-0.2, 0) is 14.8 Å². The Labute approximate surface area is 173 Å². The minimum absolute atomic E-state index is 0.145. The van der Waals surface area contributed by atoms with Crippen LogP contribution in [0.3, 0.4) is 0 Å². The molecular formula is C18H22N6O3S2. The molecule has 1 aromatic carbocycles. The summed E-state index contributed by atoms with van der Waals surface area (Å²) in [6, 6.07) is 8.27. The van der Waals surface area contributed by atoms with Crippen molar-refractivity contribution < 1.29 is 13.2 Å². The Balaban J connectivity index is 1.81. The molecule has 3 rings (SSSR count). The molecule has 0 saturated heterocycles. The highest BCUT2D eigenvalue weighted by atomic mass is 32.2. The van der Waals surface area contributed by atoms with E-state index in [2.05, 4.69) is 30.3 Å². The fraction of sp³-hybridized carbons (Fsp3) is 0.278. The fourth-order valence-corrected chi connectivity index (χ4v) is 4.47. The number of ether oxygens (including phenoxy) is 1. The van der Waals surface area contributed by atoms with Crippen LogP contribution in [-0.4, -0.2) is 50.7 Å². The summed E-state index contributed by atoms with van der Waals surface area (Å²) >= 11 is 1.50. The van der Waals surface area contributed by atoms with Gasteiger partial charge in [0.2, 0.25) is 16.0 Å². The molecular weight excluding hydrogens is 412 g/mol. The standard InChI is InChI=1S/C18H22N6O3S2/c1-12-16(28-18(19-2)22-12)15-7-8-20-17(24-15)23-13-5-4-6-14(11-13)29(25,26)21-9-10-27-3/h4-8,11,21H,9-10H2,1-3H3,(H,19,22)(H,20,23,24). The molecule has 0 spiro atoms. The third-order valence-electron chi connectivity index (χ3n) is 3.90. The van der Waals surface area contributed by atoms with E-state index in [1.807, 2.05) is 20.0 Å². The van der Waals surface area contributed by atoms with Crippen LogP contribution < -0.4 is 15.4 Å². The Hall–Kier alpha value is -2.60. The molecule has 0 unspecified atom stereocenters. The monoisotopic (exact) mass is 434 g/mol. The smallest absolute Gasteiger partial charge is 0.240 e. The first-order valence-electron chi connectivity index (χ1n) is 8.77. The number of hydrogen-bond acceptors (Lipinski definition) is 9. The van der Waals surface area contributed by atoms with E-state index in [9.17, 15) is 8.42 Å². The van der Waals surface area contributed by atoms with Gasteiger partial charge in [0.05, 0.1) is 27.8 Å². The summed E-state index contributed by atoms with van der Waals surface area (Å²) in [5.41, 5.74) is 2.18. The zero-order chi connectivity index (χ0) is 20.9. The number of hydrogen-bond donors (Lipinski definition) is 3. The second-order valence-corrected chi connectivity index (χ2v) is 8.76. The molecule has 0 atom stereocenters. The van der Waals surface area contributed by atoms with Gasteiger partial charge in [0.1, 0.15) is 0 Å². The van der Waals surface area contributed by atoms with E-state index >= 15 is 0 Å². The van der Waals surface area contributed by atoms with Gasteiger partial charge < -0.3 is 15.4 Å². The molecule has 0 aliphatic carbocycles. The lowest BCUT2D eigenvalue weighted by Gasteiger charge is -2.09. The van der Waals surface area contributed by atoms with E-state index in [-0.39, 0.29) is 11.4 Å². The first-order chi connectivity index (χ1) is 13.9. The van der Waals surface area contributed by atoms with Crippen molar-refractivity contribution >= 4 is 38.1 Å². The van der Waals surface area contributed by atoms with Crippen molar-refractivity contribution in [2.75, 3.05) is 37.9 Å². The van der Waals surface area contributed by atoms with Crippen molar-refractivity contribution in [3.8, 4) is 10.6 Å². The van der Waals surface area contributed by atoms with E-state index in [1.165, 1.54) is 30.6 Å². The molecule has 0 amide bonds. The lowest BCUT2D eigenvalue weighted by atomic mass is 10.3. The zero-order valence-electron chi connectivity index (χ0n) is 16.3. The van der Waals surface area contributed by atoms with Crippen LogP contribution in [0.5, 0.6) is 0 Å². The van der Waals surface area contributed by atoms with E-state index in [0.29, 0.717) is 18.2 Å². The first kappa shape index (κ1) is 21.1. The molecule has 2 aromatic heterocycles. The molecule has 154 valence electrons. The van der Waals surface area contributed by atoms with Gasteiger partial charge in [-0.2, -0.15) is 0 Å². The molecule has 0 fully saturated rings. The summed E-state index contributed by atoms with van der Waals surface area (Å²) in [6.45, 7) is 2.42. The fourth-order valence-electron chi connectivity index (χ4n) is 2.52. The number of benzene rings is 1. The van der Waals surface area contributed by atoms with Crippen molar-refractivity contribution in [3.05, 3.63) is 42.2 Å². The average Bonchev–Trinajstić information content (AvgIpc) is 3.09. The molecule has 3 N–H and O–H groups in total. The minimum atomic E-state index is -3.63. The van der Waals surface area contributed by atoms with Crippen molar-refractivity contribution in [1.29, 1.82) is 0 Å². The number of nitrogens with one attached hydrogen (secondary N) is 3. The van der Waals surface area contributed by atoms with Crippen LogP contribution >= 0.6 is 11.3 Å². The van der Waals surface area contributed by atoms with Gasteiger partial charge in [0.15, 0.2) is 5.13 Å². The topological polar surface area (TPSA) is 118 Å². The third kappa shape index (κ3) is 5.26. The molecule has 0 aliphatic heterocycles. The normalized spacial score (nSPS) is 11.4. The van der Waals surface area contributed by atoms with Gasteiger partial charge in [0, 0.05) is 32.6 Å². The molecule has 29 heavy (non-hydrogen) atoms. The molecule has 0 radical (unpaired) electrons. The number of aryl methyl sites for hydroxylation is 1. The van der Waals surface area contributed by atoms with Crippen LogP contribution in [0.2, 0.25) is 0 Å². The summed E-state index contributed by atoms with van der Waals surface area (Å²) in [5.74, 6) is 0.364. The Bertz CT molecular complexity index is 1080. The Morgan fingerprint density at radius 2 is 2.03 bits per heavy atom. The molecule has 0 bridgehead atoms. The van der Waals surface area contributed by atoms with E-state index in [4.69, 9.17) is 4.74 Å².